The van der Waals surface area contributed by atoms with E-state index in [0.717, 1.165) is 10.7 Å². The number of aliphatic carboxylic acids is 1. The molecule has 0 radical (unpaired) electrons. The summed E-state index contributed by atoms with van der Waals surface area (Å²) >= 11 is 3.02. The highest BCUT2D eigenvalue weighted by Gasteiger charge is 2.52. The maximum absolute atomic E-state index is 12.4. The van der Waals surface area contributed by atoms with Gasteiger partial charge in [0.15, 0.2) is 0 Å². The van der Waals surface area contributed by atoms with Crippen molar-refractivity contribution in [1.82, 2.24) is 14.7 Å². The van der Waals surface area contributed by atoms with Crippen LogP contribution in [0.4, 0.5) is 0 Å². The smallest absolute Gasteiger partial charge is 0.352 e. The number of aromatic nitrogens is 2. The third kappa shape index (κ3) is 2.42. The Bertz CT molecular complexity index is 834. The van der Waals surface area contributed by atoms with Crippen LogP contribution in [-0.4, -0.2) is 48.0 Å². The van der Waals surface area contributed by atoms with Gasteiger partial charge in [0.1, 0.15) is 21.3 Å². The molecule has 6 nitrogen and oxygen atoms in total. The number of benzene rings is 1. The molecule has 3 heterocycles. The predicted molar refractivity (Wildman–Crippen MR) is 92.0 cm³/mol. The van der Waals surface area contributed by atoms with Gasteiger partial charge in [-0.2, -0.15) is 5.10 Å². The van der Waals surface area contributed by atoms with Crippen molar-refractivity contribution in [3.63, 3.8) is 0 Å². The van der Waals surface area contributed by atoms with Crippen LogP contribution in [-0.2, 0) is 9.59 Å². The number of hydrogen-bond donors (Lipinski definition) is 1. The fraction of sp³-hybridized carbons (Fsp3) is 0.188. The minimum atomic E-state index is -1.05. The predicted octanol–water partition coefficient (Wildman–Crippen LogP) is 2.22. The lowest BCUT2D eigenvalue weighted by Crippen LogP contribution is -2.62. The SMILES string of the molecule is O=C(O)C1=CCS[C@H]2C(Sc3ccnn3-c3ccccc3)C(=O)N12. The number of β-lactam (4-membered cyclic amide) rings is 1. The van der Waals surface area contributed by atoms with Crippen molar-refractivity contribution in [3.8, 4) is 5.69 Å². The molecule has 2 aromatic rings. The largest absolute Gasteiger partial charge is 0.477 e. The number of rotatable bonds is 4. The normalized spacial score (nSPS) is 22.6. The van der Waals surface area contributed by atoms with Gasteiger partial charge in [-0.1, -0.05) is 30.0 Å². The molecular weight excluding hydrogens is 346 g/mol. The van der Waals surface area contributed by atoms with Crippen LogP contribution in [0.1, 0.15) is 0 Å². The van der Waals surface area contributed by atoms with Crippen LogP contribution in [0.25, 0.3) is 5.69 Å². The number of fused-ring (bicyclic) bond motifs is 1. The minimum Gasteiger partial charge on any atom is -0.477 e. The summed E-state index contributed by atoms with van der Waals surface area (Å²) in [7, 11) is 0. The quantitative estimate of drug-likeness (QED) is 0.844. The fourth-order valence-corrected chi connectivity index (χ4v) is 5.37. The van der Waals surface area contributed by atoms with Crippen LogP contribution in [0.5, 0.6) is 0 Å². The van der Waals surface area contributed by atoms with Gasteiger partial charge in [0.25, 0.3) is 0 Å². The summed E-state index contributed by atoms with van der Waals surface area (Å²) in [6, 6.07) is 11.6. The van der Waals surface area contributed by atoms with E-state index < -0.39 is 5.97 Å². The van der Waals surface area contributed by atoms with Crippen LogP contribution in [0.3, 0.4) is 0 Å². The molecule has 1 saturated heterocycles. The van der Waals surface area contributed by atoms with Gasteiger partial charge in [-0.25, -0.2) is 9.48 Å². The number of carbonyl (C=O) groups is 2. The molecular formula is C16H13N3O3S2. The third-order valence-corrected chi connectivity index (χ3v) is 6.49. The molecule has 2 aliphatic heterocycles. The second kappa shape index (κ2) is 6.03. The fourth-order valence-electron chi connectivity index (χ4n) is 2.75. The number of carboxylic acids is 1. The minimum absolute atomic E-state index is 0.0946. The number of para-hydroxylation sites is 1. The average Bonchev–Trinajstić information content (AvgIpc) is 3.07. The Balaban J connectivity index is 1.57. The second-order valence-corrected chi connectivity index (χ2v) is 7.59. The Labute approximate surface area is 146 Å². The first-order valence-electron chi connectivity index (χ1n) is 7.31. The first-order valence-corrected chi connectivity index (χ1v) is 9.24. The molecule has 0 spiro atoms. The lowest BCUT2D eigenvalue weighted by atomic mass is 10.1. The summed E-state index contributed by atoms with van der Waals surface area (Å²) in [5, 5.41) is 14.0. The van der Waals surface area contributed by atoms with Crippen LogP contribution >= 0.6 is 23.5 Å². The molecule has 8 heteroatoms. The van der Waals surface area contributed by atoms with Gasteiger partial charge in [-0.15, -0.1) is 11.8 Å². The lowest BCUT2D eigenvalue weighted by molar-refractivity contribution is -0.145. The van der Waals surface area contributed by atoms with Crippen molar-refractivity contribution in [2.75, 3.05) is 5.75 Å². The maximum Gasteiger partial charge on any atom is 0.352 e. The highest BCUT2D eigenvalue weighted by Crippen LogP contribution is 2.45. The Hall–Kier alpha value is -2.19. The first kappa shape index (κ1) is 15.3. The van der Waals surface area contributed by atoms with Gasteiger partial charge in [0, 0.05) is 5.75 Å². The highest BCUT2D eigenvalue weighted by atomic mass is 32.2. The zero-order valence-corrected chi connectivity index (χ0v) is 14.0. The molecule has 0 saturated carbocycles. The molecule has 1 aromatic heterocycles. The van der Waals surface area contributed by atoms with Gasteiger partial charge in [-0.05, 0) is 24.3 Å². The van der Waals surface area contributed by atoms with E-state index in [4.69, 9.17) is 0 Å². The van der Waals surface area contributed by atoms with E-state index in [1.807, 2.05) is 36.4 Å². The summed E-state index contributed by atoms with van der Waals surface area (Å²) in [5.41, 5.74) is 1.02. The Morgan fingerprint density at radius 2 is 2.08 bits per heavy atom. The molecule has 1 aromatic carbocycles. The highest BCUT2D eigenvalue weighted by molar-refractivity contribution is 8.04. The zero-order chi connectivity index (χ0) is 16.7. The van der Waals surface area contributed by atoms with Crippen molar-refractivity contribution in [2.45, 2.75) is 15.6 Å². The molecule has 24 heavy (non-hydrogen) atoms. The van der Waals surface area contributed by atoms with Gasteiger partial charge in [-0.3, -0.25) is 9.69 Å². The number of carboxylic acid groups (broad SMARTS) is 1. The molecule has 0 aliphatic carbocycles. The van der Waals surface area contributed by atoms with E-state index >= 15 is 0 Å². The molecule has 4 rings (SSSR count). The molecule has 0 bridgehead atoms. The molecule has 1 fully saturated rings. The Kier molecular flexibility index (Phi) is 3.85. The van der Waals surface area contributed by atoms with Crippen LogP contribution in [0.2, 0.25) is 0 Å². The lowest BCUT2D eigenvalue weighted by Gasteiger charge is -2.47. The van der Waals surface area contributed by atoms with Gasteiger partial charge >= 0.3 is 5.97 Å². The number of thioether (sulfide) groups is 2. The Morgan fingerprint density at radius 3 is 2.83 bits per heavy atom. The summed E-state index contributed by atoms with van der Waals surface area (Å²) in [5.74, 6) is -0.608. The molecule has 1 N–H and O–H groups in total. The monoisotopic (exact) mass is 359 g/mol. The van der Waals surface area contributed by atoms with Gasteiger partial charge < -0.3 is 5.11 Å². The molecule has 2 aliphatic rings. The van der Waals surface area contributed by atoms with Crippen LogP contribution in [0, 0.1) is 0 Å². The summed E-state index contributed by atoms with van der Waals surface area (Å²) in [6.45, 7) is 0. The number of nitrogens with zero attached hydrogens (tertiary/aromatic N) is 3. The summed E-state index contributed by atoms with van der Waals surface area (Å²) in [6.07, 6.45) is 3.29. The van der Waals surface area contributed by atoms with E-state index in [9.17, 15) is 14.7 Å². The molecule has 122 valence electrons. The standard InChI is InChI=1S/C16H13N3O3S2/c20-14-13(15-18(14)11(16(21)22)7-9-23-15)24-12-6-8-17-19(12)10-4-2-1-3-5-10/h1-8,13,15H,9H2,(H,21,22)/t13?,15-/m0/s1. The molecule has 2 atom stereocenters. The van der Waals surface area contributed by atoms with E-state index in [2.05, 4.69) is 5.10 Å². The number of amides is 1. The van der Waals surface area contributed by atoms with Crippen molar-refractivity contribution in [3.05, 3.63) is 54.4 Å². The van der Waals surface area contributed by atoms with E-state index in [1.165, 1.54) is 16.7 Å². The number of carbonyl (C=O) groups excluding carboxylic acids is 1. The van der Waals surface area contributed by atoms with Crippen LogP contribution < -0.4 is 0 Å². The van der Waals surface area contributed by atoms with E-state index in [1.54, 1.807) is 28.7 Å². The van der Waals surface area contributed by atoms with Crippen molar-refractivity contribution in [2.24, 2.45) is 0 Å². The third-order valence-electron chi connectivity index (χ3n) is 3.87. The van der Waals surface area contributed by atoms with Crippen molar-refractivity contribution < 1.29 is 14.7 Å². The van der Waals surface area contributed by atoms with Crippen molar-refractivity contribution >= 4 is 35.4 Å². The van der Waals surface area contributed by atoms with Gasteiger partial charge in [0.05, 0.1) is 11.9 Å². The summed E-state index contributed by atoms with van der Waals surface area (Å²) < 4.78 is 1.79. The van der Waals surface area contributed by atoms with Crippen molar-refractivity contribution in [1.29, 1.82) is 0 Å². The molecule has 1 unspecified atom stereocenters. The maximum atomic E-state index is 12.4. The van der Waals surface area contributed by atoms with E-state index in [-0.39, 0.29) is 22.2 Å². The number of hydrogen-bond acceptors (Lipinski definition) is 5. The molecule has 1 amide bonds. The zero-order valence-electron chi connectivity index (χ0n) is 12.4. The van der Waals surface area contributed by atoms with Crippen LogP contribution in [0.15, 0.2) is 59.4 Å². The van der Waals surface area contributed by atoms with Gasteiger partial charge in [0.2, 0.25) is 5.91 Å². The summed E-state index contributed by atoms with van der Waals surface area (Å²) in [4.78, 5) is 25.1. The Morgan fingerprint density at radius 1 is 1.29 bits per heavy atom. The van der Waals surface area contributed by atoms with E-state index in [0.29, 0.717) is 5.75 Å². The second-order valence-electron chi connectivity index (χ2n) is 5.28. The topological polar surface area (TPSA) is 75.4 Å². The first-order chi connectivity index (χ1) is 11.7. The average molecular weight is 359 g/mol.